The van der Waals surface area contributed by atoms with E-state index >= 15 is 0 Å². The molecule has 0 saturated carbocycles. The van der Waals surface area contributed by atoms with Crippen LogP contribution in [0.15, 0.2) is 46.9 Å². The second-order valence-corrected chi connectivity index (χ2v) is 7.10. The van der Waals surface area contributed by atoms with Crippen LogP contribution >= 0.6 is 11.6 Å². The molecule has 7 heteroatoms. The van der Waals surface area contributed by atoms with Crippen molar-refractivity contribution in [2.45, 2.75) is 39.7 Å². The van der Waals surface area contributed by atoms with Crippen LogP contribution in [0.25, 0.3) is 11.5 Å². The lowest BCUT2D eigenvalue weighted by Crippen LogP contribution is -2.07. The maximum atomic E-state index is 11.6. The molecular formula is C24H26ClNO5. The Hall–Kier alpha value is -2.99. The van der Waals surface area contributed by atoms with Gasteiger partial charge in [0.25, 0.3) is 0 Å². The fourth-order valence-corrected chi connectivity index (χ4v) is 3.16. The maximum Gasteiger partial charge on any atom is 0.310 e. The van der Waals surface area contributed by atoms with Crippen molar-refractivity contribution in [3.05, 3.63) is 65.0 Å². The van der Waals surface area contributed by atoms with E-state index in [-0.39, 0.29) is 19.0 Å². The molecule has 0 bridgehead atoms. The fraction of sp³-hybridized carbons (Fsp3) is 0.333. The predicted octanol–water partition coefficient (Wildman–Crippen LogP) is 5.47. The van der Waals surface area contributed by atoms with E-state index in [2.05, 4.69) is 4.98 Å². The van der Waals surface area contributed by atoms with E-state index in [0.717, 1.165) is 16.7 Å². The van der Waals surface area contributed by atoms with Gasteiger partial charge in [-0.3, -0.25) is 4.79 Å². The molecule has 1 aromatic heterocycles. The number of nitrogens with zero attached hydrogens (tertiary/aromatic N) is 1. The topological polar surface area (TPSA) is 70.8 Å². The number of oxazole rings is 1. The first-order valence-electron chi connectivity index (χ1n) is 10.2. The van der Waals surface area contributed by atoms with Gasteiger partial charge < -0.3 is 18.6 Å². The minimum Gasteiger partial charge on any atom is -0.490 e. The lowest BCUT2D eigenvalue weighted by atomic mass is 10.1. The number of hydrogen-bond acceptors (Lipinski definition) is 6. The number of aryl methyl sites for hydroxylation is 1. The molecule has 0 unspecified atom stereocenters. The number of rotatable bonds is 10. The summed E-state index contributed by atoms with van der Waals surface area (Å²) in [4.78, 5) is 16.2. The summed E-state index contributed by atoms with van der Waals surface area (Å²) in [7, 11) is 0. The standard InChI is InChI=1S/C24H26ClNO5/c1-4-28-22-12-18(14-25)8-11-21(22)30-15-20-16(3)31-24(26-20)19-9-6-17(7-10-19)13-23(27)29-5-2/h6-12H,4-5,13-15H2,1-3H3. The number of benzene rings is 2. The van der Waals surface area contributed by atoms with Crippen molar-refractivity contribution in [3.8, 4) is 23.0 Å². The van der Waals surface area contributed by atoms with Crippen LogP contribution in [0.4, 0.5) is 0 Å². The highest BCUT2D eigenvalue weighted by atomic mass is 35.5. The Labute approximate surface area is 187 Å². The smallest absolute Gasteiger partial charge is 0.310 e. The van der Waals surface area contributed by atoms with Crippen LogP contribution in [0.2, 0.25) is 0 Å². The third kappa shape index (κ3) is 6.01. The summed E-state index contributed by atoms with van der Waals surface area (Å²) < 4.78 is 22.4. The zero-order valence-corrected chi connectivity index (χ0v) is 18.7. The molecule has 0 aliphatic carbocycles. The van der Waals surface area contributed by atoms with Crippen molar-refractivity contribution >= 4 is 17.6 Å². The lowest BCUT2D eigenvalue weighted by Gasteiger charge is -2.12. The van der Waals surface area contributed by atoms with Crippen molar-refractivity contribution in [2.24, 2.45) is 0 Å². The Kier molecular flexibility index (Phi) is 7.95. The molecule has 0 aliphatic heterocycles. The average molecular weight is 444 g/mol. The number of hydrogen-bond donors (Lipinski definition) is 0. The second-order valence-electron chi connectivity index (χ2n) is 6.84. The number of esters is 1. The number of carbonyl (C=O) groups is 1. The molecule has 0 N–H and O–H groups in total. The molecule has 0 aliphatic rings. The molecule has 3 aromatic rings. The summed E-state index contributed by atoms with van der Waals surface area (Å²) in [6.45, 7) is 6.71. The number of halogens is 1. The van der Waals surface area contributed by atoms with E-state index in [4.69, 9.17) is 30.2 Å². The van der Waals surface area contributed by atoms with Crippen LogP contribution in [0.3, 0.4) is 0 Å². The summed E-state index contributed by atoms with van der Waals surface area (Å²) in [5.74, 6) is 2.63. The Morgan fingerprint density at radius 1 is 1.00 bits per heavy atom. The Balaban J connectivity index is 1.69. The summed E-state index contributed by atoms with van der Waals surface area (Å²) in [5.41, 5.74) is 3.36. The van der Waals surface area contributed by atoms with Crippen LogP contribution < -0.4 is 9.47 Å². The van der Waals surface area contributed by atoms with Gasteiger partial charge in [-0.2, -0.15) is 0 Å². The molecule has 0 atom stereocenters. The Morgan fingerprint density at radius 2 is 1.74 bits per heavy atom. The predicted molar refractivity (Wildman–Crippen MR) is 119 cm³/mol. The third-order valence-corrected chi connectivity index (χ3v) is 4.88. The molecule has 0 fully saturated rings. The minimum absolute atomic E-state index is 0.239. The highest BCUT2D eigenvalue weighted by molar-refractivity contribution is 6.17. The fourth-order valence-electron chi connectivity index (χ4n) is 3.00. The molecule has 6 nitrogen and oxygen atoms in total. The highest BCUT2D eigenvalue weighted by Crippen LogP contribution is 2.30. The van der Waals surface area contributed by atoms with Gasteiger partial charge in [0.1, 0.15) is 18.1 Å². The molecule has 0 saturated heterocycles. The number of alkyl halides is 1. The molecule has 2 aromatic carbocycles. The van der Waals surface area contributed by atoms with Crippen molar-refractivity contribution in [1.29, 1.82) is 0 Å². The van der Waals surface area contributed by atoms with Gasteiger partial charge in [0.2, 0.25) is 5.89 Å². The zero-order valence-electron chi connectivity index (χ0n) is 17.9. The van der Waals surface area contributed by atoms with Gasteiger partial charge in [0.15, 0.2) is 11.5 Å². The molecule has 0 spiro atoms. The van der Waals surface area contributed by atoms with Crippen LogP contribution in [0.1, 0.15) is 36.4 Å². The maximum absolute atomic E-state index is 11.6. The molecular weight excluding hydrogens is 418 g/mol. The van der Waals surface area contributed by atoms with E-state index in [9.17, 15) is 4.79 Å². The van der Waals surface area contributed by atoms with Crippen molar-refractivity contribution < 1.29 is 23.4 Å². The van der Waals surface area contributed by atoms with Gasteiger partial charge in [0, 0.05) is 11.4 Å². The normalized spacial score (nSPS) is 10.7. The van der Waals surface area contributed by atoms with E-state index < -0.39 is 0 Å². The lowest BCUT2D eigenvalue weighted by molar-refractivity contribution is -0.142. The van der Waals surface area contributed by atoms with Crippen molar-refractivity contribution in [1.82, 2.24) is 4.98 Å². The molecule has 164 valence electrons. The van der Waals surface area contributed by atoms with Gasteiger partial charge in [-0.15, -0.1) is 11.6 Å². The van der Waals surface area contributed by atoms with E-state index in [1.807, 2.05) is 56.3 Å². The van der Waals surface area contributed by atoms with Gasteiger partial charge in [-0.05, 0) is 56.2 Å². The Morgan fingerprint density at radius 3 is 2.42 bits per heavy atom. The van der Waals surface area contributed by atoms with Gasteiger partial charge >= 0.3 is 5.97 Å². The van der Waals surface area contributed by atoms with Crippen molar-refractivity contribution in [2.75, 3.05) is 13.2 Å². The summed E-state index contributed by atoms with van der Waals surface area (Å²) in [6.07, 6.45) is 0.239. The molecule has 0 radical (unpaired) electrons. The molecule has 0 amide bonds. The first-order chi connectivity index (χ1) is 15.0. The van der Waals surface area contributed by atoms with Gasteiger partial charge in [-0.25, -0.2) is 4.98 Å². The molecule has 3 rings (SSSR count). The largest absolute Gasteiger partial charge is 0.490 e. The quantitative estimate of drug-likeness (QED) is 0.305. The van der Waals surface area contributed by atoms with E-state index in [1.54, 1.807) is 6.92 Å². The number of ether oxygens (including phenoxy) is 3. The minimum atomic E-state index is -0.243. The number of aromatic nitrogens is 1. The molecule has 31 heavy (non-hydrogen) atoms. The number of carbonyl (C=O) groups excluding carboxylic acids is 1. The highest BCUT2D eigenvalue weighted by Gasteiger charge is 2.14. The third-order valence-electron chi connectivity index (χ3n) is 4.57. The molecule has 1 heterocycles. The SMILES string of the molecule is CCOC(=O)Cc1ccc(-c2nc(COc3ccc(CCl)cc3OCC)c(C)o2)cc1. The first-order valence-corrected chi connectivity index (χ1v) is 10.7. The van der Waals surface area contributed by atoms with Crippen molar-refractivity contribution in [3.63, 3.8) is 0 Å². The van der Waals surface area contributed by atoms with Gasteiger partial charge in [0.05, 0.1) is 19.6 Å². The summed E-state index contributed by atoms with van der Waals surface area (Å²) >= 11 is 5.91. The summed E-state index contributed by atoms with van der Waals surface area (Å²) in [6, 6.07) is 13.1. The van der Waals surface area contributed by atoms with Crippen LogP contribution in [-0.4, -0.2) is 24.2 Å². The second kappa shape index (κ2) is 10.9. The van der Waals surface area contributed by atoms with Crippen LogP contribution in [0.5, 0.6) is 11.5 Å². The average Bonchev–Trinajstić information content (AvgIpc) is 3.14. The monoisotopic (exact) mass is 443 g/mol. The van der Waals surface area contributed by atoms with Crippen LogP contribution in [-0.2, 0) is 28.4 Å². The van der Waals surface area contributed by atoms with Crippen LogP contribution in [0, 0.1) is 6.92 Å². The van der Waals surface area contributed by atoms with E-state index in [1.165, 1.54) is 0 Å². The zero-order chi connectivity index (χ0) is 22.2. The summed E-state index contributed by atoms with van der Waals surface area (Å²) in [5, 5.41) is 0. The Bertz CT molecular complexity index is 1010. The van der Waals surface area contributed by atoms with E-state index in [0.29, 0.717) is 47.9 Å². The van der Waals surface area contributed by atoms with Gasteiger partial charge in [-0.1, -0.05) is 18.2 Å². The first kappa shape index (κ1) is 22.7.